The molecule has 0 unspecified atom stereocenters. The average Bonchev–Trinajstić information content (AvgIpc) is 3.22. The molecule has 2 heterocycles. The molecular weight excluding hydrogens is 282 g/mol. The van der Waals surface area contributed by atoms with Crippen LogP contribution < -0.4 is 5.32 Å². The molecular formula is C16H15N3O3. The van der Waals surface area contributed by atoms with Crippen LogP contribution in [0.4, 0.5) is 5.95 Å². The molecule has 22 heavy (non-hydrogen) atoms. The van der Waals surface area contributed by atoms with E-state index in [4.69, 9.17) is 4.42 Å². The summed E-state index contributed by atoms with van der Waals surface area (Å²) in [6.45, 7) is 0. The van der Waals surface area contributed by atoms with Gasteiger partial charge in [-0.25, -0.2) is 9.97 Å². The summed E-state index contributed by atoms with van der Waals surface area (Å²) in [6.07, 6.45) is 5.99. The number of furan rings is 1. The van der Waals surface area contributed by atoms with E-state index in [1.54, 1.807) is 6.26 Å². The van der Waals surface area contributed by atoms with Gasteiger partial charge in [-0.3, -0.25) is 14.9 Å². The summed E-state index contributed by atoms with van der Waals surface area (Å²) in [5, 5.41) is 2.72. The van der Waals surface area contributed by atoms with E-state index in [0.717, 1.165) is 18.6 Å². The molecule has 1 atom stereocenters. The molecule has 0 radical (unpaired) electrons. The number of anilines is 1. The first-order valence-corrected chi connectivity index (χ1v) is 7.44. The minimum absolute atomic E-state index is 0.00289. The molecule has 2 aromatic heterocycles. The van der Waals surface area contributed by atoms with E-state index in [0.29, 0.717) is 24.1 Å². The van der Waals surface area contributed by atoms with Crippen molar-refractivity contribution in [3.8, 4) is 0 Å². The van der Waals surface area contributed by atoms with Crippen molar-refractivity contribution in [1.82, 2.24) is 9.97 Å². The number of nitrogens with zero attached hydrogens (tertiary/aromatic N) is 2. The van der Waals surface area contributed by atoms with E-state index in [-0.39, 0.29) is 29.5 Å². The van der Waals surface area contributed by atoms with E-state index in [2.05, 4.69) is 15.3 Å². The second kappa shape index (κ2) is 5.05. The van der Waals surface area contributed by atoms with E-state index < -0.39 is 0 Å². The van der Waals surface area contributed by atoms with Gasteiger partial charge >= 0.3 is 0 Å². The van der Waals surface area contributed by atoms with Crippen molar-refractivity contribution in [2.24, 2.45) is 5.92 Å². The third kappa shape index (κ3) is 2.41. The minimum atomic E-state index is -0.0373. The zero-order valence-corrected chi connectivity index (χ0v) is 11.9. The van der Waals surface area contributed by atoms with Crippen LogP contribution in [0.15, 0.2) is 29.0 Å². The molecule has 112 valence electrons. The molecule has 1 saturated carbocycles. The number of hydrogen-bond acceptors (Lipinski definition) is 5. The highest BCUT2D eigenvalue weighted by molar-refractivity contribution is 5.99. The van der Waals surface area contributed by atoms with E-state index in [9.17, 15) is 9.59 Å². The van der Waals surface area contributed by atoms with Crippen molar-refractivity contribution in [3.63, 3.8) is 0 Å². The van der Waals surface area contributed by atoms with Gasteiger partial charge in [0.05, 0.1) is 17.5 Å². The monoisotopic (exact) mass is 297 g/mol. The first kappa shape index (κ1) is 13.2. The van der Waals surface area contributed by atoms with E-state index in [1.807, 2.05) is 12.1 Å². The van der Waals surface area contributed by atoms with Crippen molar-refractivity contribution in [2.75, 3.05) is 5.32 Å². The molecule has 2 aliphatic rings. The van der Waals surface area contributed by atoms with E-state index >= 15 is 0 Å². The smallest absolute Gasteiger partial charge is 0.229 e. The maximum Gasteiger partial charge on any atom is 0.229 e. The summed E-state index contributed by atoms with van der Waals surface area (Å²) in [5.41, 5.74) is 1.23. The molecule has 1 fully saturated rings. The highest BCUT2D eigenvalue weighted by Gasteiger charge is 2.32. The number of rotatable bonds is 3. The van der Waals surface area contributed by atoms with Gasteiger partial charge in [-0.1, -0.05) is 0 Å². The zero-order valence-electron chi connectivity index (χ0n) is 11.9. The number of nitrogens with one attached hydrogen (secondary N) is 1. The van der Waals surface area contributed by atoms with Crippen LogP contribution in [0.25, 0.3) is 0 Å². The zero-order chi connectivity index (χ0) is 15.1. The fourth-order valence-corrected chi connectivity index (χ4v) is 2.79. The highest BCUT2D eigenvalue weighted by atomic mass is 16.3. The molecule has 1 N–H and O–H groups in total. The summed E-state index contributed by atoms with van der Waals surface area (Å²) in [7, 11) is 0. The first-order valence-electron chi connectivity index (χ1n) is 7.44. The number of fused-ring (bicyclic) bond motifs is 1. The second-order valence-corrected chi connectivity index (χ2v) is 5.86. The topological polar surface area (TPSA) is 85.1 Å². The summed E-state index contributed by atoms with van der Waals surface area (Å²) in [5.74, 6) is 1.14. The number of amides is 1. The Labute approximate surface area is 127 Å². The summed E-state index contributed by atoms with van der Waals surface area (Å²) in [4.78, 5) is 32.5. The Bertz CT molecular complexity index is 735. The van der Waals surface area contributed by atoms with Gasteiger partial charge in [-0.2, -0.15) is 0 Å². The first-order chi connectivity index (χ1) is 10.7. The third-order valence-electron chi connectivity index (χ3n) is 4.17. The molecule has 6 heteroatoms. The number of hydrogen-bond donors (Lipinski definition) is 1. The predicted molar refractivity (Wildman–Crippen MR) is 77.5 cm³/mol. The standard InChI is InChI=1S/C16H15N3O3/c20-13-7-10(14-2-1-5-22-14)6-12-11(13)8-17-16(18-12)19-15(21)9-3-4-9/h1-2,5,8-10H,3-4,6-7H2,(H,17,18,19,21)/t10-/m1/s1. The Morgan fingerprint density at radius 2 is 2.18 bits per heavy atom. The van der Waals surface area contributed by atoms with Gasteiger partial charge in [0.25, 0.3) is 0 Å². The van der Waals surface area contributed by atoms with Gasteiger partial charge in [0.2, 0.25) is 11.9 Å². The Kier molecular flexibility index (Phi) is 3.03. The Morgan fingerprint density at radius 3 is 2.91 bits per heavy atom. The number of Topliss-reactive ketones (excluding diaryl/α,β-unsaturated/α-hetero) is 1. The van der Waals surface area contributed by atoms with Crippen LogP contribution in [0.3, 0.4) is 0 Å². The fourth-order valence-electron chi connectivity index (χ4n) is 2.79. The molecule has 0 saturated heterocycles. The van der Waals surface area contributed by atoms with Crippen molar-refractivity contribution in [1.29, 1.82) is 0 Å². The third-order valence-corrected chi connectivity index (χ3v) is 4.17. The van der Waals surface area contributed by atoms with Crippen LogP contribution in [0.1, 0.15) is 47.0 Å². The molecule has 2 aliphatic carbocycles. The van der Waals surface area contributed by atoms with Gasteiger partial charge in [0, 0.05) is 30.9 Å². The van der Waals surface area contributed by atoms with Gasteiger partial charge < -0.3 is 4.42 Å². The van der Waals surface area contributed by atoms with Crippen LogP contribution >= 0.6 is 0 Å². The van der Waals surface area contributed by atoms with Gasteiger partial charge in [0.1, 0.15) is 5.76 Å². The number of carbonyl (C=O) groups is 2. The Morgan fingerprint density at radius 1 is 1.32 bits per heavy atom. The summed E-state index contributed by atoms with van der Waals surface area (Å²) in [6, 6.07) is 3.69. The van der Waals surface area contributed by atoms with Crippen molar-refractivity contribution in [3.05, 3.63) is 41.6 Å². The SMILES string of the molecule is O=C1C[C@H](c2ccco2)Cc2nc(NC(=O)C3CC3)ncc21. The molecule has 1 amide bonds. The van der Waals surface area contributed by atoms with Crippen LogP contribution in [0.2, 0.25) is 0 Å². The summed E-state index contributed by atoms with van der Waals surface area (Å²) >= 11 is 0. The van der Waals surface area contributed by atoms with Crippen LogP contribution in [-0.2, 0) is 11.2 Å². The van der Waals surface area contributed by atoms with Crippen molar-refractivity contribution in [2.45, 2.75) is 31.6 Å². The summed E-state index contributed by atoms with van der Waals surface area (Å²) < 4.78 is 5.41. The van der Waals surface area contributed by atoms with Crippen molar-refractivity contribution >= 4 is 17.6 Å². The number of ketones is 1. The minimum Gasteiger partial charge on any atom is -0.469 e. The Balaban J connectivity index is 1.59. The molecule has 6 nitrogen and oxygen atoms in total. The second-order valence-electron chi connectivity index (χ2n) is 5.86. The van der Waals surface area contributed by atoms with Gasteiger partial charge in [-0.05, 0) is 25.0 Å². The lowest BCUT2D eigenvalue weighted by molar-refractivity contribution is -0.117. The number of carbonyl (C=O) groups excluding carboxylic acids is 2. The quantitative estimate of drug-likeness (QED) is 0.939. The molecule has 0 bridgehead atoms. The fraction of sp³-hybridized carbons (Fsp3) is 0.375. The van der Waals surface area contributed by atoms with Crippen molar-refractivity contribution < 1.29 is 14.0 Å². The maximum atomic E-state index is 12.2. The molecule has 0 aliphatic heterocycles. The lowest BCUT2D eigenvalue weighted by Crippen LogP contribution is -2.22. The lowest BCUT2D eigenvalue weighted by Gasteiger charge is -2.21. The Hall–Kier alpha value is -2.50. The largest absolute Gasteiger partial charge is 0.469 e. The van der Waals surface area contributed by atoms with Crippen LogP contribution in [-0.4, -0.2) is 21.7 Å². The normalized spacial score (nSPS) is 20.5. The maximum absolute atomic E-state index is 12.2. The average molecular weight is 297 g/mol. The number of aromatic nitrogens is 2. The van der Waals surface area contributed by atoms with Crippen LogP contribution in [0.5, 0.6) is 0 Å². The molecule has 0 spiro atoms. The lowest BCUT2D eigenvalue weighted by atomic mass is 9.85. The molecule has 0 aromatic carbocycles. The van der Waals surface area contributed by atoms with Gasteiger partial charge in [-0.15, -0.1) is 0 Å². The highest BCUT2D eigenvalue weighted by Crippen LogP contribution is 2.33. The van der Waals surface area contributed by atoms with E-state index in [1.165, 1.54) is 6.20 Å². The van der Waals surface area contributed by atoms with Gasteiger partial charge in [0.15, 0.2) is 5.78 Å². The molecule has 2 aromatic rings. The predicted octanol–water partition coefficient (Wildman–Crippen LogP) is 2.33. The van der Waals surface area contributed by atoms with Crippen LogP contribution in [0, 0.1) is 5.92 Å². The molecule has 4 rings (SSSR count).